The van der Waals surface area contributed by atoms with E-state index in [1.165, 1.54) is 0 Å². The van der Waals surface area contributed by atoms with E-state index in [2.05, 4.69) is 5.32 Å². The van der Waals surface area contributed by atoms with E-state index in [4.69, 9.17) is 5.73 Å². The molecule has 0 aliphatic rings. The zero-order valence-electron chi connectivity index (χ0n) is 11.3. The second-order valence-corrected chi connectivity index (χ2v) is 4.49. The highest BCUT2D eigenvalue weighted by Gasteiger charge is 2.08. The molecule has 3 N–H and O–H groups in total. The minimum atomic E-state index is 0. The van der Waals surface area contributed by atoms with E-state index in [1.54, 1.807) is 6.07 Å². The molecule has 2 rings (SSSR count). The Labute approximate surface area is 125 Å². The number of pyridine rings is 1. The zero-order valence-corrected chi connectivity index (χ0v) is 12.1. The lowest BCUT2D eigenvalue weighted by Gasteiger charge is -2.08. The molecule has 0 saturated heterocycles. The van der Waals surface area contributed by atoms with Crippen molar-refractivity contribution in [3.05, 3.63) is 54.4 Å². The highest BCUT2D eigenvalue weighted by molar-refractivity contribution is 5.91. The fourth-order valence-corrected chi connectivity index (χ4v) is 1.85. The van der Waals surface area contributed by atoms with Crippen LogP contribution in [0.1, 0.15) is 12.0 Å². The van der Waals surface area contributed by atoms with Crippen molar-refractivity contribution in [3.8, 4) is 0 Å². The van der Waals surface area contributed by atoms with E-state index in [1.807, 2.05) is 54.2 Å². The van der Waals surface area contributed by atoms with Gasteiger partial charge in [0.15, 0.2) is 18.9 Å². The summed E-state index contributed by atoms with van der Waals surface area (Å²) in [7, 11) is 0. The first-order valence-electron chi connectivity index (χ1n) is 6.25. The molecule has 20 heavy (non-hydrogen) atoms. The molecule has 0 spiro atoms. The van der Waals surface area contributed by atoms with Gasteiger partial charge >= 0.3 is 0 Å². The van der Waals surface area contributed by atoms with Gasteiger partial charge < -0.3 is 23.5 Å². The summed E-state index contributed by atoms with van der Waals surface area (Å²) in [4.78, 5) is 11.9. The molecule has 0 radical (unpaired) electrons. The molecule has 1 amide bonds. The van der Waals surface area contributed by atoms with Gasteiger partial charge in [0, 0.05) is 23.5 Å². The number of rotatable bonds is 4. The van der Waals surface area contributed by atoms with Gasteiger partial charge in [-0.25, -0.2) is 4.57 Å². The number of nitrogens with two attached hydrogens (primary N) is 1. The Hall–Kier alpha value is -2.07. The molecule has 1 aromatic heterocycles. The summed E-state index contributed by atoms with van der Waals surface area (Å²) in [6, 6.07) is 11.3. The lowest BCUT2D eigenvalue weighted by atomic mass is 10.2. The van der Waals surface area contributed by atoms with Crippen molar-refractivity contribution in [3.63, 3.8) is 0 Å². The van der Waals surface area contributed by atoms with Crippen LogP contribution in [0.3, 0.4) is 0 Å². The summed E-state index contributed by atoms with van der Waals surface area (Å²) >= 11 is 0. The van der Waals surface area contributed by atoms with Crippen molar-refractivity contribution in [2.75, 3.05) is 11.1 Å². The van der Waals surface area contributed by atoms with Gasteiger partial charge in [-0.2, -0.15) is 0 Å². The molecule has 1 heterocycles. The first-order chi connectivity index (χ1) is 9.15. The molecule has 0 unspecified atom stereocenters. The number of hydrogen-bond donors (Lipinski definition) is 2. The Balaban J connectivity index is 0.00000200. The van der Waals surface area contributed by atoms with Gasteiger partial charge in [0.2, 0.25) is 5.91 Å². The monoisotopic (exact) mass is 291 g/mol. The highest BCUT2D eigenvalue weighted by atomic mass is 35.5. The van der Waals surface area contributed by atoms with Crippen LogP contribution in [-0.4, -0.2) is 5.91 Å². The van der Waals surface area contributed by atoms with Gasteiger partial charge in [0.1, 0.15) is 0 Å². The second-order valence-electron chi connectivity index (χ2n) is 4.49. The summed E-state index contributed by atoms with van der Waals surface area (Å²) in [5, 5.41) is 2.90. The molecule has 2 aromatic rings. The predicted octanol–water partition coefficient (Wildman–Crippen LogP) is -1.10. The van der Waals surface area contributed by atoms with Crippen molar-refractivity contribution >= 4 is 17.3 Å². The second kappa shape index (κ2) is 7.50. The lowest BCUT2D eigenvalue weighted by molar-refractivity contribution is -0.695. The van der Waals surface area contributed by atoms with Gasteiger partial charge in [-0.3, -0.25) is 4.79 Å². The van der Waals surface area contributed by atoms with E-state index in [9.17, 15) is 4.79 Å². The number of amides is 1. The number of nitrogens with zero attached hydrogens (tertiary/aromatic N) is 1. The molecule has 0 saturated carbocycles. The van der Waals surface area contributed by atoms with Crippen LogP contribution >= 0.6 is 0 Å². The Bertz CT molecular complexity index is 573. The number of aromatic nitrogens is 1. The third-order valence-electron chi connectivity index (χ3n) is 2.90. The molecule has 0 bridgehead atoms. The fourth-order valence-electron chi connectivity index (χ4n) is 1.85. The predicted molar refractivity (Wildman–Crippen MR) is 75.5 cm³/mol. The molecule has 0 atom stereocenters. The third-order valence-corrected chi connectivity index (χ3v) is 2.90. The number of carbonyl (C=O) groups is 1. The quantitative estimate of drug-likeness (QED) is 0.555. The number of carbonyl (C=O) groups excluding carboxylic acids is 1. The van der Waals surface area contributed by atoms with Gasteiger partial charge in [0.25, 0.3) is 0 Å². The van der Waals surface area contributed by atoms with Crippen molar-refractivity contribution < 1.29 is 21.8 Å². The summed E-state index contributed by atoms with van der Waals surface area (Å²) in [5.74, 6) is 0.00391. The van der Waals surface area contributed by atoms with E-state index in [-0.39, 0.29) is 18.3 Å². The molecule has 0 aliphatic carbocycles. The average molecular weight is 292 g/mol. The molecular formula is C15H18ClN3O. The van der Waals surface area contributed by atoms with Crippen molar-refractivity contribution in [1.29, 1.82) is 0 Å². The Morgan fingerprint density at radius 2 is 1.95 bits per heavy atom. The number of benzene rings is 1. The zero-order chi connectivity index (χ0) is 13.7. The Morgan fingerprint density at radius 1 is 1.25 bits per heavy atom. The van der Waals surface area contributed by atoms with Crippen molar-refractivity contribution in [1.82, 2.24) is 0 Å². The first kappa shape index (κ1) is 16.0. The first-order valence-corrected chi connectivity index (χ1v) is 6.25. The van der Waals surface area contributed by atoms with E-state index in [0.29, 0.717) is 18.7 Å². The minimum Gasteiger partial charge on any atom is -1.00 e. The van der Waals surface area contributed by atoms with E-state index < -0.39 is 0 Å². The molecular weight excluding hydrogens is 274 g/mol. The van der Waals surface area contributed by atoms with Gasteiger partial charge in [-0.1, -0.05) is 6.07 Å². The van der Waals surface area contributed by atoms with Crippen LogP contribution in [0.2, 0.25) is 0 Å². The maximum Gasteiger partial charge on any atom is 0.230 e. The maximum atomic E-state index is 11.9. The Kier molecular flexibility index (Phi) is 6.00. The van der Waals surface area contributed by atoms with Crippen LogP contribution in [-0.2, 0) is 11.3 Å². The molecule has 4 nitrogen and oxygen atoms in total. The van der Waals surface area contributed by atoms with E-state index >= 15 is 0 Å². The van der Waals surface area contributed by atoms with Gasteiger partial charge in [0.05, 0.1) is 6.42 Å². The largest absolute Gasteiger partial charge is 1.00 e. The maximum absolute atomic E-state index is 11.9. The molecule has 1 aromatic carbocycles. The molecule has 106 valence electrons. The SMILES string of the molecule is Cc1cc(N)ccc1NC(=O)CC[n+]1ccccc1.[Cl-]. The Morgan fingerprint density at radius 3 is 2.60 bits per heavy atom. The van der Waals surface area contributed by atoms with Crippen LogP contribution < -0.4 is 28.0 Å². The summed E-state index contributed by atoms with van der Waals surface area (Å²) in [5.41, 5.74) is 8.17. The van der Waals surface area contributed by atoms with Crippen LogP contribution in [0, 0.1) is 6.92 Å². The normalized spacial score (nSPS) is 9.65. The number of aryl methyl sites for hydroxylation is 2. The summed E-state index contributed by atoms with van der Waals surface area (Å²) in [6.07, 6.45) is 4.34. The molecule has 5 heteroatoms. The number of halogens is 1. The third kappa shape index (κ3) is 4.55. The number of nitrogen functional groups attached to an aromatic ring is 1. The molecule has 0 fully saturated rings. The van der Waals surface area contributed by atoms with Crippen LogP contribution in [0.5, 0.6) is 0 Å². The van der Waals surface area contributed by atoms with Crippen molar-refractivity contribution in [2.24, 2.45) is 0 Å². The standard InChI is InChI=1S/C15H17N3O.ClH/c1-12-11-13(16)5-6-14(12)17-15(19)7-10-18-8-3-2-4-9-18;/h2-6,8-9,11H,7,10,16H2,1H3;1H. The number of anilines is 2. The fraction of sp³-hybridized carbons (Fsp3) is 0.200. The number of hydrogen-bond acceptors (Lipinski definition) is 2. The summed E-state index contributed by atoms with van der Waals surface area (Å²) in [6.45, 7) is 2.60. The number of nitrogens with one attached hydrogen (secondary N) is 1. The van der Waals surface area contributed by atoms with Crippen LogP contribution in [0.15, 0.2) is 48.8 Å². The molecule has 0 aliphatic heterocycles. The topological polar surface area (TPSA) is 59.0 Å². The average Bonchev–Trinajstić information content (AvgIpc) is 2.41. The minimum absolute atomic E-state index is 0. The highest BCUT2D eigenvalue weighted by Crippen LogP contribution is 2.17. The smallest absolute Gasteiger partial charge is 0.230 e. The van der Waals surface area contributed by atoms with Crippen molar-refractivity contribution in [2.45, 2.75) is 19.9 Å². The van der Waals surface area contributed by atoms with Crippen LogP contribution in [0.25, 0.3) is 0 Å². The van der Waals surface area contributed by atoms with E-state index in [0.717, 1.165) is 11.3 Å². The van der Waals surface area contributed by atoms with Gasteiger partial charge in [-0.05, 0) is 30.7 Å². The summed E-state index contributed by atoms with van der Waals surface area (Å²) < 4.78 is 1.98. The van der Waals surface area contributed by atoms with Crippen LogP contribution in [0.4, 0.5) is 11.4 Å². The van der Waals surface area contributed by atoms with Gasteiger partial charge in [-0.15, -0.1) is 0 Å². The lowest BCUT2D eigenvalue weighted by Crippen LogP contribution is -3.00.